The third kappa shape index (κ3) is 6.51. The van der Waals surface area contributed by atoms with E-state index in [-0.39, 0.29) is 10.8 Å². The van der Waals surface area contributed by atoms with Crippen LogP contribution in [0.15, 0.2) is 53.4 Å². The topological polar surface area (TPSA) is 102 Å². The average Bonchev–Trinajstić information content (AvgIpc) is 2.62. The summed E-state index contributed by atoms with van der Waals surface area (Å²) in [5.74, 6) is 0.493. The molecule has 0 aliphatic rings. The molecule has 2 aromatic rings. The Balaban J connectivity index is 1.83. The number of ether oxygens (including phenoxy) is 1. The van der Waals surface area contributed by atoms with Crippen molar-refractivity contribution in [2.24, 2.45) is 5.14 Å². The second-order valence-corrected chi connectivity index (χ2v) is 8.02. The zero-order valence-electron chi connectivity index (χ0n) is 15.1. The van der Waals surface area contributed by atoms with Crippen molar-refractivity contribution >= 4 is 33.2 Å². The molecule has 7 nitrogen and oxygen atoms in total. The van der Waals surface area contributed by atoms with E-state index in [0.29, 0.717) is 29.6 Å². The van der Waals surface area contributed by atoms with Crippen molar-refractivity contribution in [3.8, 4) is 5.75 Å². The van der Waals surface area contributed by atoms with Gasteiger partial charge in [0.05, 0.1) is 10.9 Å². The lowest BCUT2D eigenvalue weighted by atomic mass is 10.2. The molecule has 0 aromatic heterocycles. The summed E-state index contributed by atoms with van der Waals surface area (Å²) in [7, 11) is -1.94. The Hall–Kier alpha value is -2.13. The van der Waals surface area contributed by atoms with Crippen molar-refractivity contribution in [3.05, 3.63) is 53.6 Å². The van der Waals surface area contributed by atoms with Gasteiger partial charge in [0.25, 0.3) is 0 Å². The maximum atomic E-state index is 12.4. The van der Waals surface area contributed by atoms with Crippen LogP contribution in [0.25, 0.3) is 0 Å². The zero-order chi connectivity index (χ0) is 20.0. The molecule has 0 fully saturated rings. The molecule has 0 unspecified atom stereocenters. The fourth-order valence-electron chi connectivity index (χ4n) is 2.21. The first kappa shape index (κ1) is 21.2. The van der Waals surface area contributed by atoms with E-state index in [0.717, 1.165) is 0 Å². The van der Waals surface area contributed by atoms with Crippen molar-refractivity contribution in [2.75, 3.05) is 25.5 Å². The number of anilines is 1. The molecule has 0 radical (unpaired) electrons. The van der Waals surface area contributed by atoms with E-state index in [4.69, 9.17) is 21.5 Å². The van der Waals surface area contributed by atoms with Crippen LogP contribution in [0.2, 0.25) is 5.02 Å². The van der Waals surface area contributed by atoms with Crippen molar-refractivity contribution in [3.63, 3.8) is 0 Å². The van der Waals surface area contributed by atoms with Crippen molar-refractivity contribution in [2.45, 2.75) is 17.9 Å². The van der Waals surface area contributed by atoms with Crippen LogP contribution in [0, 0.1) is 0 Å². The van der Waals surface area contributed by atoms with Crippen LogP contribution in [-0.4, -0.2) is 45.5 Å². The number of likely N-dealkylation sites (N-methyl/N-ethyl adjacent to an activating group) is 1. The number of nitrogens with one attached hydrogen (secondary N) is 1. The molecule has 0 saturated carbocycles. The minimum Gasteiger partial charge on any atom is -0.492 e. The van der Waals surface area contributed by atoms with Crippen LogP contribution >= 0.6 is 11.6 Å². The van der Waals surface area contributed by atoms with E-state index in [1.165, 1.54) is 24.3 Å². The second-order valence-electron chi connectivity index (χ2n) is 6.02. The quantitative estimate of drug-likeness (QED) is 0.694. The highest BCUT2D eigenvalue weighted by Crippen LogP contribution is 2.16. The molecule has 146 valence electrons. The Morgan fingerprint density at radius 1 is 1.19 bits per heavy atom. The van der Waals surface area contributed by atoms with Crippen LogP contribution < -0.4 is 15.2 Å². The number of halogens is 1. The summed E-state index contributed by atoms with van der Waals surface area (Å²) in [6.07, 6.45) is 0. The van der Waals surface area contributed by atoms with Crippen LogP contribution in [0.1, 0.15) is 6.92 Å². The minimum atomic E-state index is -3.76. The molecule has 0 aliphatic heterocycles. The van der Waals surface area contributed by atoms with Gasteiger partial charge in [0.1, 0.15) is 12.4 Å². The number of hydrogen-bond acceptors (Lipinski definition) is 5. The number of carbonyl (C=O) groups excluding carboxylic acids is 1. The lowest BCUT2D eigenvalue weighted by Crippen LogP contribution is -2.41. The molecule has 1 atom stereocenters. The Morgan fingerprint density at radius 2 is 1.78 bits per heavy atom. The van der Waals surface area contributed by atoms with E-state index in [1.54, 1.807) is 31.2 Å². The van der Waals surface area contributed by atoms with Gasteiger partial charge < -0.3 is 10.1 Å². The summed E-state index contributed by atoms with van der Waals surface area (Å²) in [5, 5.41) is 8.44. The standard InChI is InChI=1S/C18H22ClN3O4S/c1-13(22(2)11-12-26-16-7-3-14(19)4-8-16)18(23)21-15-5-9-17(10-6-15)27(20,24)25/h3-10,13H,11-12H2,1-2H3,(H,21,23)(H2,20,24,25)/t13-/m0/s1. The molecule has 0 bridgehead atoms. The van der Waals surface area contributed by atoms with Gasteiger partial charge in [0.2, 0.25) is 15.9 Å². The van der Waals surface area contributed by atoms with E-state index >= 15 is 0 Å². The van der Waals surface area contributed by atoms with E-state index in [1.807, 2.05) is 11.9 Å². The molecule has 0 heterocycles. The number of primary sulfonamides is 1. The van der Waals surface area contributed by atoms with Crippen molar-refractivity contribution in [1.82, 2.24) is 4.90 Å². The molecule has 0 saturated heterocycles. The number of amides is 1. The minimum absolute atomic E-state index is 0.00925. The average molecular weight is 412 g/mol. The Labute approximate surface area is 164 Å². The molecule has 9 heteroatoms. The van der Waals surface area contributed by atoms with E-state index in [2.05, 4.69) is 5.32 Å². The van der Waals surface area contributed by atoms with Crippen LogP contribution in [0.5, 0.6) is 5.75 Å². The van der Waals surface area contributed by atoms with Gasteiger partial charge in [0.15, 0.2) is 0 Å². The SMILES string of the molecule is C[C@@H](C(=O)Nc1ccc(S(N)(=O)=O)cc1)N(C)CCOc1ccc(Cl)cc1. The lowest BCUT2D eigenvalue weighted by molar-refractivity contribution is -0.120. The van der Waals surface area contributed by atoms with Gasteiger partial charge in [0, 0.05) is 17.3 Å². The second kappa shape index (κ2) is 9.18. The van der Waals surface area contributed by atoms with Crippen LogP contribution in [-0.2, 0) is 14.8 Å². The Bertz CT molecular complexity index is 870. The van der Waals surface area contributed by atoms with Gasteiger partial charge >= 0.3 is 0 Å². The van der Waals surface area contributed by atoms with Crippen molar-refractivity contribution < 1.29 is 17.9 Å². The molecular formula is C18H22ClN3O4S. The van der Waals surface area contributed by atoms with Gasteiger partial charge in [-0.25, -0.2) is 13.6 Å². The monoisotopic (exact) mass is 411 g/mol. The summed E-state index contributed by atoms with van der Waals surface area (Å²) >= 11 is 5.83. The maximum absolute atomic E-state index is 12.4. The first-order valence-electron chi connectivity index (χ1n) is 8.19. The molecule has 2 rings (SSSR count). The maximum Gasteiger partial charge on any atom is 0.241 e. The first-order valence-corrected chi connectivity index (χ1v) is 10.1. The summed E-state index contributed by atoms with van der Waals surface area (Å²) in [4.78, 5) is 14.2. The fourth-order valence-corrected chi connectivity index (χ4v) is 2.85. The number of sulfonamides is 1. The van der Waals surface area contributed by atoms with E-state index < -0.39 is 16.1 Å². The molecule has 2 aromatic carbocycles. The Morgan fingerprint density at radius 3 is 2.33 bits per heavy atom. The molecule has 0 spiro atoms. The van der Waals surface area contributed by atoms with Gasteiger partial charge in [-0.3, -0.25) is 9.69 Å². The van der Waals surface area contributed by atoms with E-state index in [9.17, 15) is 13.2 Å². The summed E-state index contributed by atoms with van der Waals surface area (Å²) in [6, 6.07) is 12.3. The fraction of sp³-hybridized carbons (Fsp3) is 0.278. The normalized spacial score (nSPS) is 12.6. The lowest BCUT2D eigenvalue weighted by Gasteiger charge is -2.23. The first-order chi connectivity index (χ1) is 12.7. The van der Waals surface area contributed by atoms with Gasteiger partial charge in [-0.1, -0.05) is 11.6 Å². The molecule has 3 N–H and O–H groups in total. The number of hydrogen-bond donors (Lipinski definition) is 2. The van der Waals surface area contributed by atoms with Gasteiger partial charge in [-0.05, 0) is 62.5 Å². The molecular weight excluding hydrogens is 390 g/mol. The number of carbonyl (C=O) groups is 1. The third-order valence-electron chi connectivity index (χ3n) is 4.02. The predicted octanol–water partition coefficient (Wildman–Crippen LogP) is 2.33. The zero-order valence-corrected chi connectivity index (χ0v) is 16.6. The van der Waals surface area contributed by atoms with Crippen molar-refractivity contribution in [1.29, 1.82) is 0 Å². The predicted molar refractivity (Wildman–Crippen MR) is 105 cm³/mol. The molecule has 27 heavy (non-hydrogen) atoms. The summed E-state index contributed by atoms with van der Waals surface area (Å²) in [5.41, 5.74) is 0.491. The largest absolute Gasteiger partial charge is 0.492 e. The number of benzene rings is 2. The number of nitrogens with two attached hydrogens (primary N) is 1. The Kier molecular flexibility index (Phi) is 7.20. The number of rotatable bonds is 8. The third-order valence-corrected chi connectivity index (χ3v) is 5.20. The molecule has 0 aliphatic carbocycles. The van der Waals surface area contributed by atoms with Crippen LogP contribution in [0.3, 0.4) is 0 Å². The van der Waals surface area contributed by atoms with Gasteiger partial charge in [-0.2, -0.15) is 0 Å². The van der Waals surface area contributed by atoms with Crippen LogP contribution in [0.4, 0.5) is 5.69 Å². The van der Waals surface area contributed by atoms with Gasteiger partial charge in [-0.15, -0.1) is 0 Å². The highest BCUT2D eigenvalue weighted by molar-refractivity contribution is 7.89. The highest BCUT2D eigenvalue weighted by Gasteiger charge is 2.18. The summed E-state index contributed by atoms with van der Waals surface area (Å²) in [6.45, 7) is 2.73. The summed E-state index contributed by atoms with van der Waals surface area (Å²) < 4.78 is 28.1. The molecule has 1 amide bonds. The number of nitrogens with zero attached hydrogens (tertiary/aromatic N) is 1. The smallest absolute Gasteiger partial charge is 0.241 e. The highest BCUT2D eigenvalue weighted by atomic mass is 35.5.